The molecule has 4 nitrogen and oxygen atoms in total. The normalized spacial score (nSPS) is 12.2. The van der Waals surface area contributed by atoms with Gasteiger partial charge in [-0.2, -0.15) is 10.6 Å². The van der Waals surface area contributed by atoms with Crippen LogP contribution in [0.5, 0.6) is 0 Å². The van der Waals surface area contributed by atoms with Crippen LogP contribution in [0, 0.1) is 0 Å². The molecule has 12 heavy (non-hydrogen) atoms. The van der Waals surface area contributed by atoms with E-state index in [-0.39, 0.29) is 0 Å². The molecule has 0 unspecified atom stereocenters. The lowest BCUT2D eigenvalue weighted by atomic mass is 10.3. The Bertz CT molecular complexity index is 276. The summed E-state index contributed by atoms with van der Waals surface area (Å²) in [5, 5.41) is 9.50. The van der Waals surface area contributed by atoms with Gasteiger partial charge >= 0.3 is 0 Å². The van der Waals surface area contributed by atoms with E-state index in [1.165, 1.54) is 0 Å². The van der Waals surface area contributed by atoms with Crippen LogP contribution in [0.2, 0.25) is 0 Å². The largest absolute Gasteiger partial charge is 0.388 e. The molecule has 1 rings (SSSR count). The van der Waals surface area contributed by atoms with Crippen molar-refractivity contribution in [3.8, 4) is 0 Å². The standard InChI is InChI=1S/C7H10N4S/c1-6(10-11-9-5-8)7-3-2-4-12-7/h2-5,11H,1H3,(H2,8,9)/b10-6+. The zero-order chi connectivity index (χ0) is 8.81. The van der Waals surface area contributed by atoms with Crippen LogP contribution in [0.3, 0.4) is 0 Å². The highest BCUT2D eigenvalue weighted by Gasteiger charge is 1.95. The number of nitrogens with two attached hydrogens (primary N) is 1. The van der Waals surface area contributed by atoms with E-state index in [1.54, 1.807) is 11.3 Å². The van der Waals surface area contributed by atoms with E-state index in [2.05, 4.69) is 15.7 Å². The Morgan fingerprint density at radius 3 is 3.17 bits per heavy atom. The number of hydrazone groups is 2. The molecule has 1 heterocycles. The smallest absolute Gasteiger partial charge is 0.108 e. The van der Waals surface area contributed by atoms with Crippen molar-refractivity contribution in [3.05, 3.63) is 22.4 Å². The lowest BCUT2D eigenvalue weighted by Gasteiger charge is -1.93. The van der Waals surface area contributed by atoms with Crippen molar-refractivity contribution in [2.24, 2.45) is 15.9 Å². The molecule has 0 aliphatic heterocycles. The number of rotatable bonds is 3. The predicted molar refractivity (Wildman–Crippen MR) is 52.3 cm³/mol. The summed E-state index contributed by atoms with van der Waals surface area (Å²) in [5.41, 5.74) is 8.37. The zero-order valence-corrected chi connectivity index (χ0v) is 7.51. The molecule has 0 aromatic carbocycles. The molecule has 0 spiro atoms. The molecule has 0 fully saturated rings. The van der Waals surface area contributed by atoms with Gasteiger partial charge in [0.2, 0.25) is 0 Å². The van der Waals surface area contributed by atoms with Crippen molar-refractivity contribution in [1.29, 1.82) is 0 Å². The minimum Gasteiger partial charge on any atom is -0.388 e. The van der Waals surface area contributed by atoms with Crippen molar-refractivity contribution in [3.63, 3.8) is 0 Å². The Balaban J connectivity index is 2.58. The molecule has 0 saturated carbocycles. The Morgan fingerprint density at radius 2 is 2.58 bits per heavy atom. The number of nitrogens with one attached hydrogen (secondary N) is 1. The van der Waals surface area contributed by atoms with Gasteiger partial charge in [0.05, 0.1) is 10.6 Å². The topological polar surface area (TPSA) is 62.8 Å². The zero-order valence-electron chi connectivity index (χ0n) is 6.69. The highest BCUT2D eigenvalue weighted by atomic mass is 32.1. The average molecular weight is 182 g/mol. The lowest BCUT2D eigenvalue weighted by Crippen LogP contribution is -2.03. The molecule has 0 aliphatic rings. The first-order valence-electron chi connectivity index (χ1n) is 3.41. The van der Waals surface area contributed by atoms with Crippen molar-refractivity contribution in [2.75, 3.05) is 0 Å². The fourth-order valence-electron chi connectivity index (χ4n) is 0.677. The minimum absolute atomic E-state index is 0.899. The van der Waals surface area contributed by atoms with E-state index in [0.29, 0.717) is 0 Å². The van der Waals surface area contributed by atoms with E-state index >= 15 is 0 Å². The Morgan fingerprint density at radius 1 is 1.75 bits per heavy atom. The maximum Gasteiger partial charge on any atom is 0.108 e. The molecule has 3 N–H and O–H groups in total. The van der Waals surface area contributed by atoms with Crippen molar-refractivity contribution in [2.45, 2.75) is 6.92 Å². The minimum atomic E-state index is 0.899. The predicted octanol–water partition coefficient (Wildman–Crippen LogP) is 0.964. The van der Waals surface area contributed by atoms with Crippen LogP contribution in [0.1, 0.15) is 11.8 Å². The fourth-order valence-corrected chi connectivity index (χ4v) is 1.35. The first kappa shape index (κ1) is 8.73. The first-order chi connectivity index (χ1) is 5.84. The summed E-state index contributed by atoms with van der Waals surface area (Å²) >= 11 is 1.64. The van der Waals surface area contributed by atoms with Gasteiger partial charge in [-0.3, -0.25) is 0 Å². The van der Waals surface area contributed by atoms with E-state index in [4.69, 9.17) is 5.73 Å². The highest BCUT2D eigenvalue weighted by molar-refractivity contribution is 7.12. The van der Waals surface area contributed by atoms with Crippen LogP contribution in [0.15, 0.2) is 27.7 Å². The second-order valence-corrected chi connectivity index (χ2v) is 3.00. The summed E-state index contributed by atoms with van der Waals surface area (Å²) in [4.78, 5) is 1.12. The molecule has 0 atom stereocenters. The number of hydrogen-bond donors (Lipinski definition) is 2. The van der Waals surface area contributed by atoms with Crippen LogP contribution in [0.4, 0.5) is 0 Å². The van der Waals surface area contributed by atoms with Crippen molar-refractivity contribution < 1.29 is 0 Å². The monoisotopic (exact) mass is 182 g/mol. The molecule has 64 valence electrons. The summed E-state index contributed by atoms with van der Waals surface area (Å²) < 4.78 is 0. The molecule has 1 aromatic heterocycles. The fraction of sp³-hybridized carbons (Fsp3) is 0.143. The van der Waals surface area contributed by atoms with Gasteiger partial charge in [0.25, 0.3) is 0 Å². The molecule has 0 radical (unpaired) electrons. The Labute approximate surface area is 74.8 Å². The molecule has 0 aliphatic carbocycles. The van der Waals surface area contributed by atoms with Gasteiger partial charge in [0.1, 0.15) is 6.34 Å². The van der Waals surface area contributed by atoms with E-state index in [1.807, 2.05) is 24.4 Å². The highest BCUT2D eigenvalue weighted by Crippen LogP contribution is 2.08. The van der Waals surface area contributed by atoms with E-state index < -0.39 is 0 Å². The average Bonchev–Trinajstić information content (AvgIpc) is 2.56. The van der Waals surface area contributed by atoms with E-state index in [9.17, 15) is 0 Å². The summed E-state index contributed by atoms with van der Waals surface area (Å²) in [5.74, 6) is 0. The number of thiophene rings is 1. The van der Waals surface area contributed by atoms with E-state index in [0.717, 1.165) is 16.9 Å². The quantitative estimate of drug-likeness (QED) is 0.415. The summed E-state index contributed by atoms with van der Waals surface area (Å²) in [7, 11) is 0. The second kappa shape index (κ2) is 4.50. The maximum absolute atomic E-state index is 5.01. The van der Waals surface area contributed by atoms with Crippen LogP contribution >= 0.6 is 11.3 Å². The van der Waals surface area contributed by atoms with Gasteiger partial charge in [0.15, 0.2) is 0 Å². The van der Waals surface area contributed by atoms with Gasteiger partial charge in [-0.05, 0) is 18.4 Å². The number of nitrogens with zero attached hydrogens (tertiary/aromatic N) is 2. The lowest BCUT2D eigenvalue weighted by molar-refractivity contribution is 0.811. The third-order valence-electron chi connectivity index (χ3n) is 1.23. The Hall–Kier alpha value is -1.36. The third kappa shape index (κ3) is 2.35. The van der Waals surface area contributed by atoms with Gasteiger partial charge < -0.3 is 5.73 Å². The van der Waals surface area contributed by atoms with Crippen LogP contribution in [0.25, 0.3) is 0 Å². The van der Waals surface area contributed by atoms with Crippen molar-refractivity contribution in [1.82, 2.24) is 5.53 Å². The maximum atomic E-state index is 5.01. The summed E-state index contributed by atoms with van der Waals surface area (Å²) in [6.07, 6.45) is 1.16. The molecule has 0 bridgehead atoms. The van der Waals surface area contributed by atoms with Crippen molar-refractivity contribution >= 4 is 23.4 Å². The van der Waals surface area contributed by atoms with Gasteiger partial charge in [-0.15, -0.1) is 16.4 Å². The molecule has 1 aromatic rings. The van der Waals surface area contributed by atoms with Crippen LogP contribution in [-0.4, -0.2) is 12.1 Å². The molecular formula is C7H10N4S. The van der Waals surface area contributed by atoms with Gasteiger partial charge in [0, 0.05) is 0 Å². The second-order valence-electron chi connectivity index (χ2n) is 2.05. The SMILES string of the molecule is C/C(=N\N/N=C\N)c1cccs1. The van der Waals surface area contributed by atoms with Gasteiger partial charge in [-0.25, -0.2) is 0 Å². The summed E-state index contributed by atoms with van der Waals surface area (Å²) in [6.45, 7) is 1.91. The van der Waals surface area contributed by atoms with Gasteiger partial charge in [-0.1, -0.05) is 6.07 Å². The molecule has 0 saturated heterocycles. The van der Waals surface area contributed by atoms with Crippen LogP contribution in [-0.2, 0) is 0 Å². The van der Waals surface area contributed by atoms with Crippen LogP contribution < -0.4 is 11.3 Å². The number of hydrogen-bond acceptors (Lipinski definition) is 4. The third-order valence-corrected chi connectivity index (χ3v) is 2.21. The molecular weight excluding hydrogens is 172 g/mol. The summed E-state index contributed by atoms with van der Waals surface area (Å²) in [6, 6.07) is 3.97. The Kier molecular flexibility index (Phi) is 3.28. The molecule has 5 heteroatoms. The first-order valence-corrected chi connectivity index (χ1v) is 4.29. The molecule has 0 amide bonds.